The number of non-ortho nitro benzene ring substituents is 1. The molecule has 1 unspecified atom stereocenters. The van der Waals surface area contributed by atoms with E-state index in [4.69, 9.17) is 0 Å². The maximum absolute atomic E-state index is 12.1. The van der Waals surface area contributed by atoms with Crippen molar-refractivity contribution in [2.24, 2.45) is 0 Å². The monoisotopic (exact) mass is 376 g/mol. The lowest BCUT2D eigenvalue weighted by molar-refractivity contribution is -0.384. The second-order valence-corrected chi connectivity index (χ2v) is 6.89. The van der Waals surface area contributed by atoms with Crippen LogP contribution in [0, 0.1) is 17.0 Å². The van der Waals surface area contributed by atoms with Gasteiger partial charge in [0.1, 0.15) is 0 Å². The van der Waals surface area contributed by atoms with Gasteiger partial charge >= 0.3 is 11.8 Å². The van der Waals surface area contributed by atoms with Crippen LogP contribution in [0.15, 0.2) is 35.7 Å². The first-order valence-corrected chi connectivity index (χ1v) is 8.71. The highest BCUT2D eigenvalue weighted by atomic mass is 32.1. The van der Waals surface area contributed by atoms with Crippen LogP contribution in [-0.4, -0.2) is 42.3 Å². The topological polar surface area (TPSA) is 105 Å². The van der Waals surface area contributed by atoms with Crippen molar-refractivity contribution in [2.45, 2.75) is 13.0 Å². The molecule has 138 valence electrons. The molecule has 2 amide bonds. The van der Waals surface area contributed by atoms with Crippen molar-refractivity contribution in [3.8, 4) is 0 Å². The molecule has 2 aromatic rings. The maximum atomic E-state index is 12.1. The standard InChI is InChI=1S/C17H20N4O4S/c1-11-6-7-12(21(24)25)9-13(11)19-17(23)16(22)18-10-14(20(2)3)15-5-4-8-26-15/h4-9,14H,10H2,1-3H3,(H,18,22)(H,19,23). The lowest BCUT2D eigenvalue weighted by Gasteiger charge is -2.23. The molecule has 0 saturated carbocycles. The van der Waals surface area contributed by atoms with E-state index in [0.717, 1.165) is 4.88 Å². The van der Waals surface area contributed by atoms with Crippen LogP contribution in [0.3, 0.4) is 0 Å². The molecule has 1 aromatic heterocycles. The molecule has 1 aromatic carbocycles. The summed E-state index contributed by atoms with van der Waals surface area (Å²) in [5, 5.41) is 17.8. The number of carbonyl (C=O) groups is 2. The van der Waals surface area contributed by atoms with Gasteiger partial charge in [0.15, 0.2) is 0 Å². The summed E-state index contributed by atoms with van der Waals surface area (Å²) in [4.78, 5) is 37.5. The average molecular weight is 376 g/mol. The van der Waals surface area contributed by atoms with Crippen molar-refractivity contribution in [1.82, 2.24) is 10.2 Å². The number of hydrogen-bond acceptors (Lipinski definition) is 6. The Labute approximate surface area is 155 Å². The Morgan fingerprint density at radius 1 is 1.27 bits per heavy atom. The number of thiophene rings is 1. The van der Waals surface area contributed by atoms with Gasteiger partial charge in [-0.15, -0.1) is 11.3 Å². The van der Waals surface area contributed by atoms with Crippen molar-refractivity contribution in [1.29, 1.82) is 0 Å². The van der Waals surface area contributed by atoms with Gasteiger partial charge in [-0.1, -0.05) is 12.1 Å². The van der Waals surface area contributed by atoms with Crippen molar-refractivity contribution in [3.63, 3.8) is 0 Å². The molecule has 0 aliphatic rings. The number of nitro benzene ring substituents is 1. The Morgan fingerprint density at radius 2 is 2.00 bits per heavy atom. The third kappa shape index (κ3) is 4.87. The highest BCUT2D eigenvalue weighted by Gasteiger charge is 2.20. The molecule has 2 rings (SSSR count). The van der Waals surface area contributed by atoms with Gasteiger partial charge in [-0.05, 0) is 38.0 Å². The fraction of sp³-hybridized carbons (Fsp3) is 0.294. The van der Waals surface area contributed by atoms with Gasteiger partial charge in [0.2, 0.25) is 0 Å². The second-order valence-electron chi connectivity index (χ2n) is 5.92. The SMILES string of the molecule is Cc1ccc([N+](=O)[O-])cc1NC(=O)C(=O)NCC(c1cccs1)N(C)C. The lowest BCUT2D eigenvalue weighted by atomic mass is 10.2. The van der Waals surface area contributed by atoms with Crippen molar-refractivity contribution < 1.29 is 14.5 Å². The molecule has 2 N–H and O–H groups in total. The Hall–Kier alpha value is -2.78. The Bertz CT molecular complexity index is 805. The van der Waals surface area contributed by atoms with E-state index < -0.39 is 16.7 Å². The third-order valence-corrected chi connectivity index (χ3v) is 4.81. The molecule has 8 nitrogen and oxygen atoms in total. The van der Waals surface area contributed by atoms with Crippen LogP contribution in [0.4, 0.5) is 11.4 Å². The fourth-order valence-electron chi connectivity index (χ4n) is 2.33. The molecule has 0 saturated heterocycles. The lowest BCUT2D eigenvalue weighted by Crippen LogP contribution is -2.40. The van der Waals surface area contributed by atoms with Gasteiger partial charge in [0.25, 0.3) is 5.69 Å². The molecular formula is C17H20N4O4S. The van der Waals surface area contributed by atoms with E-state index in [1.807, 2.05) is 36.5 Å². The first kappa shape index (κ1) is 19.5. The largest absolute Gasteiger partial charge is 0.346 e. The molecule has 1 heterocycles. The molecule has 0 radical (unpaired) electrons. The van der Waals surface area contributed by atoms with E-state index in [0.29, 0.717) is 5.56 Å². The number of nitro groups is 1. The summed E-state index contributed by atoms with van der Waals surface area (Å²) in [6.45, 7) is 1.96. The van der Waals surface area contributed by atoms with Crippen LogP contribution >= 0.6 is 11.3 Å². The Morgan fingerprint density at radius 3 is 2.58 bits per heavy atom. The minimum atomic E-state index is -0.864. The van der Waals surface area contributed by atoms with E-state index in [2.05, 4.69) is 10.6 Å². The molecule has 0 aliphatic carbocycles. The Kier molecular flexibility index (Phi) is 6.42. The molecule has 1 atom stereocenters. The summed E-state index contributed by atoms with van der Waals surface area (Å²) in [5.41, 5.74) is 0.708. The van der Waals surface area contributed by atoms with Gasteiger partial charge in [0.05, 0.1) is 16.7 Å². The molecule has 26 heavy (non-hydrogen) atoms. The minimum Gasteiger partial charge on any atom is -0.346 e. The number of benzene rings is 1. The molecule has 0 spiro atoms. The average Bonchev–Trinajstić information content (AvgIpc) is 3.10. The van der Waals surface area contributed by atoms with Crippen LogP contribution < -0.4 is 10.6 Å². The summed E-state index contributed by atoms with van der Waals surface area (Å²) < 4.78 is 0. The predicted octanol–water partition coefficient (Wildman–Crippen LogP) is 2.32. The van der Waals surface area contributed by atoms with Gasteiger partial charge in [0, 0.05) is 23.6 Å². The number of amides is 2. The fourth-order valence-corrected chi connectivity index (χ4v) is 3.25. The number of carbonyl (C=O) groups excluding carboxylic acids is 2. The Balaban J connectivity index is 2.00. The summed E-state index contributed by atoms with van der Waals surface area (Å²) in [6, 6.07) is 7.93. The van der Waals surface area contributed by atoms with Crippen LogP contribution in [-0.2, 0) is 9.59 Å². The van der Waals surface area contributed by atoms with Crippen molar-refractivity contribution >= 4 is 34.5 Å². The normalized spacial score (nSPS) is 11.8. The number of nitrogens with zero attached hydrogens (tertiary/aromatic N) is 2. The number of rotatable bonds is 6. The summed E-state index contributed by atoms with van der Waals surface area (Å²) in [6.07, 6.45) is 0. The minimum absolute atomic E-state index is 0.0497. The zero-order valence-corrected chi connectivity index (χ0v) is 15.5. The van der Waals surface area contributed by atoms with Gasteiger partial charge in [-0.3, -0.25) is 19.7 Å². The number of aryl methyl sites for hydroxylation is 1. The quantitative estimate of drug-likeness (QED) is 0.457. The first-order valence-electron chi connectivity index (χ1n) is 7.83. The smallest absolute Gasteiger partial charge is 0.313 e. The number of hydrogen-bond donors (Lipinski definition) is 2. The van der Waals surface area contributed by atoms with Crippen LogP contribution in [0.25, 0.3) is 0 Å². The number of nitrogens with one attached hydrogen (secondary N) is 2. The van der Waals surface area contributed by atoms with Gasteiger partial charge in [-0.2, -0.15) is 0 Å². The van der Waals surface area contributed by atoms with Gasteiger partial charge < -0.3 is 15.5 Å². The summed E-state index contributed by atoms with van der Waals surface area (Å²) in [7, 11) is 3.78. The van der Waals surface area contributed by atoms with Crippen LogP contribution in [0.2, 0.25) is 0 Å². The molecule has 0 bridgehead atoms. The van der Waals surface area contributed by atoms with Gasteiger partial charge in [-0.25, -0.2) is 0 Å². The molecule has 9 heteroatoms. The zero-order valence-electron chi connectivity index (χ0n) is 14.7. The highest BCUT2D eigenvalue weighted by Crippen LogP contribution is 2.23. The van der Waals surface area contributed by atoms with E-state index >= 15 is 0 Å². The van der Waals surface area contributed by atoms with E-state index in [1.165, 1.54) is 18.2 Å². The highest BCUT2D eigenvalue weighted by molar-refractivity contribution is 7.10. The van der Waals surface area contributed by atoms with E-state index in [-0.39, 0.29) is 24.0 Å². The van der Waals surface area contributed by atoms with E-state index in [1.54, 1.807) is 18.3 Å². The summed E-state index contributed by atoms with van der Waals surface area (Å²) in [5.74, 6) is -1.66. The predicted molar refractivity (Wildman–Crippen MR) is 100 cm³/mol. The number of anilines is 1. The maximum Gasteiger partial charge on any atom is 0.313 e. The van der Waals surface area contributed by atoms with Crippen LogP contribution in [0.1, 0.15) is 16.5 Å². The molecular weight excluding hydrogens is 356 g/mol. The third-order valence-electron chi connectivity index (χ3n) is 3.84. The summed E-state index contributed by atoms with van der Waals surface area (Å²) >= 11 is 1.57. The molecule has 0 fully saturated rings. The van der Waals surface area contributed by atoms with E-state index in [9.17, 15) is 19.7 Å². The zero-order chi connectivity index (χ0) is 19.3. The number of likely N-dealkylation sites (N-methyl/N-ethyl adjacent to an activating group) is 1. The van der Waals surface area contributed by atoms with Crippen molar-refractivity contribution in [3.05, 3.63) is 56.3 Å². The van der Waals surface area contributed by atoms with Crippen LogP contribution in [0.5, 0.6) is 0 Å². The first-order chi connectivity index (χ1) is 12.3. The molecule has 0 aliphatic heterocycles. The van der Waals surface area contributed by atoms with Crippen molar-refractivity contribution in [2.75, 3.05) is 26.0 Å². The second kappa shape index (κ2) is 8.54.